The van der Waals surface area contributed by atoms with Crippen LogP contribution < -0.4 is 5.73 Å². The molecule has 78 valence electrons. The minimum Gasteiger partial charge on any atom is -0.465 e. The highest BCUT2D eigenvalue weighted by molar-refractivity contribution is 5.89. The smallest absolute Gasteiger partial charge is 0.337 e. The number of aryl methyl sites for hydroxylation is 1. The van der Waals surface area contributed by atoms with Gasteiger partial charge in [-0.05, 0) is 24.6 Å². The molecule has 0 atom stereocenters. The lowest BCUT2D eigenvalue weighted by Gasteiger charge is -2.02. The number of hydrogen-bond acceptors (Lipinski definition) is 3. The fourth-order valence-corrected chi connectivity index (χ4v) is 1.15. The maximum Gasteiger partial charge on any atom is 0.337 e. The van der Waals surface area contributed by atoms with Gasteiger partial charge < -0.3 is 10.5 Å². The molecule has 0 aliphatic heterocycles. The molecule has 3 heteroatoms. The molecule has 0 aromatic heterocycles. The summed E-state index contributed by atoms with van der Waals surface area (Å²) in [6.07, 6.45) is 0. The van der Waals surface area contributed by atoms with Crippen LogP contribution in [-0.4, -0.2) is 19.6 Å². The lowest BCUT2D eigenvalue weighted by molar-refractivity contribution is 0.0600. The van der Waals surface area contributed by atoms with E-state index in [4.69, 9.17) is 5.73 Å². The summed E-state index contributed by atoms with van der Waals surface area (Å²) in [4.78, 5) is 11.3. The van der Waals surface area contributed by atoms with Crippen molar-refractivity contribution < 1.29 is 9.53 Å². The molecule has 0 radical (unpaired) electrons. The summed E-state index contributed by atoms with van der Waals surface area (Å²) in [5.41, 5.74) is 7.62. The molecule has 1 aromatic carbocycles. The van der Waals surface area contributed by atoms with Crippen molar-refractivity contribution in [3.63, 3.8) is 0 Å². The van der Waals surface area contributed by atoms with Gasteiger partial charge >= 0.3 is 5.97 Å². The third kappa shape index (κ3) is 2.83. The number of ether oxygens (including phenoxy) is 1. The van der Waals surface area contributed by atoms with Crippen LogP contribution in [0, 0.1) is 18.8 Å². The second-order valence-electron chi connectivity index (χ2n) is 3.03. The predicted molar refractivity (Wildman–Crippen MR) is 58.5 cm³/mol. The van der Waals surface area contributed by atoms with E-state index in [2.05, 4.69) is 16.6 Å². The first-order valence-electron chi connectivity index (χ1n) is 4.57. The second-order valence-corrected chi connectivity index (χ2v) is 3.03. The lowest BCUT2D eigenvalue weighted by Crippen LogP contribution is -2.02. The van der Waals surface area contributed by atoms with Gasteiger partial charge in [-0.3, -0.25) is 0 Å². The average Bonchev–Trinajstić information content (AvgIpc) is 2.27. The monoisotopic (exact) mass is 203 g/mol. The number of rotatable bonds is 1. The van der Waals surface area contributed by atoms with Gasteiger partial charge in [-0.1, -0.05) is 17.9 Å². The Balaban J connectivity index is 3.10. The minimum atomic E-state index is -0.356. The summed E-state index contributed by atoms with van der Waals surface area (Å²) in [6.45, 7) is 2.24. The van der Waals surface area contributed by atoms with Crippen LogP contribution in [0.25, 0.3) is 0 Å². The number of hydrogen-bond donors (Lipinski definition) is 1. The first-order valence-corrected chi connectivity index (χ1v) is 4.57. The molecule has 1 rings (SSSR count). The van der Waals surface area contributed by atoms with Crippen LogP contribution in [0.2, 0.25) is 0 Å². The van der Waals surface area contributed by atoms with Crippen LogP contribution in [0.1, 0.15) is 21.5 Å². The number of esters is 1. The Morgan fingerprint density at radius 1 is 1.53 bits per heavy atom. The average molecular weight is 203 g/mol. The highest BCUT2D eigenvalue weighted by atomic mass is 16.5. The molecule has 3 nitrogen and oxygen atoms in total. The van der Waals surface area contributed by atoms with E-state index in [1.807, 2.05) is 13.0 Å². The van der Waals surface area contributed by atoms with Crippen molar-refractivity contribution >= 4 is 5.97 Å². The molecule has 0 heterocycles. The van der Waals surface area contributed by atoms with Crippen molar-refractivity contribution in [1.82, 2.24) is 0 Å². The molecule has 0 amide bonds. The minimum absolute atomic E-state index is 0.307. The Kier molecular flexibility index (Phi) is 3.90. The van der Waals surface area contributed by atoms with E-state index in [1.54, 1.807) is 12.1 Å². The topological polar surface area (TPSA) is 52.3 Å². The molecule has 0 saturated heterocycles. The standard InChI is InChI=1S/C12H13NO2/c1-9-5-6-11(12(14)15-2)8-10(9)4-3-7-13/h5-6,8H,7,13H2,1-2H3. The molecule has 0 spiro atoms. The SMILES string of the molecule is COC(=O)c1ccc(C)c(C#CCN)c1. The van der Waals surface area contributed by atoms with Crippen LogP contribution in [0.5, 0.6) is 0 Å². The van der Waals surface area contributed by atoms with Gasteiger partial charge in [0, 0.05) is 5.56 Å². The van der Waals surface area contributed by atoms with Crippen LogP contribution in [-0.2, 0) is 4.74 Å². The van der Waals surface area contributed by atoms with E-state index < -0.39 is 0 Å². The molecule has 0 aliphatic rings. The zero-order valence-electron chi connectivity index (χ0n) is 8.83. The summed E-state index contributed by atoms with van der Waals surface area (Å²) in [6, 6.07) is 5.27. The van der Waals surface area contributed by atoms with Gasteiger partial charge in [0.15, 0.2) is 0 Å². The van der Waals surface area contributed by atoms with Crippen molar-refractivity contribution in [2.75, 3.05) is 13.7 Å². The lowest BCUT2D eigenvalue weighted by atomic mass is 10.1. The summed E-state index contributed by atoms with van der Waals surface area (Å²) in [7, 11) is 1.35. The second kappa shape index (κ2) is 5.18. The van der Waals surface area contributed by atoms with Gasteiger partial charge in [0.05, 0.1) is 19.2 Å². The van der Waals surface area contributed by atoms with Gasteiger partial charge in [0.2, 0.25) is 0 Å². The molecule has 2 N–H and O–H groups in total. The quantitative estimate of drug-likeness (QED) is 0.549. The molecule has 15 heavy (non-hydrogen) atoms. The van der Waals surface area contributed by atoms with E-state index in [1.165, 1.54) is 7.11 Å². The molecular formula is C12H13NO2. The van der Waals surface area contributed by atoms with Crippen LogP contribution in [0.3, 0.4) is 0 Å². The van der Waals surface area contributed by atoms with E-state index in [0.29, 0.717) is 12.1 Å². The fourth-order valence-electron chi connectivity index (χ4n) is 1.15. The zero-order valence-corrected chi connectivity index (χ0v) is 8.83. The van der Waals surface area contributed by atoms with Gasteiger partial charge in [0.1, 0.15) is 0 Å². The first-order chi connectivity index (χ1) is 7.19. The summed E-state index contributed by atoms with van der Waals surface area (Å²) < 4.78 is 4.62. The van der Waals surface area contributed by atoms with Gasteiger partial charge in [-0.25, -0.2) is 4.79 Å². The number of carbonyl (C=O) groups excluding carboxylic acids is 1. The van der Waals surface area contributed by atoms with Gasteiger partial charge in [0.25, 0.3) is 0 Å². The summed E-state index contributed by atoms with van der Waals surface area (Å²) in [5, 5.41) is 0. The fraction of sp³-hybridized carbons (Fsp3) is 0.250. The highest BCUT2D eigenvalue weighted by Gasteiger charge is 2.06. The predicted octanol–water partition coefficient (Wildman–Crippen LogP) is 1.09. The number of methoxy groups -OCH3 is 1. The molecule has 0 unspecified atom stereocenters. The normalized spacial score (nSPS) is 9.00. The first kappa shape index (κ1) is 11.3. The molecule has 0 bridgehead atoms. The Morgan fingerprint density at radius 2 is 2.27 bits per heavy atom. The van der Waals surface area contributed by atoms with Crippen molar-refractivity contribution in [2.45, 2.75) is 6.92 Å². The van der Waals surface area contributed by atoms with Crippen LogP contribution in [0.15, 0.2) is 18.2 Å². The number of carbonyl (C=O) groups is 1. The Morgan fingerprint density at radius 3 is 2.87 bits per heavy atom. The van der Waals surface area contributed by atoms with Crippen LogP contribution in [0.4, 0.5) is 0 Å². The van der Waals surface area contributed by atoms with E-state index in [9.17, 15) is 4.79 Å². The van der Waals surface area contributed by atoms with Crippen molar-refractivity contribution in [3.05, 3.63) is 34.9 Å². The van der Waals surface area contributed by atoms with E-state index >= 15 is 0 Å². The number of nitrogens with two attached hydrogens (primary N) is 1. The van der Waals surface area contributed by atoms with Crippen molar-refractivity contribution in [1.29, 1.82) is 0 Å². The maximum atomic E-state index is 11.3. The van der Waals surface area contributed by atoms with Crippen LogP contribution >= 0.6 is 0 Å². The number of benzene rings is 1. The summed E-state index contributed by atoms with van der Waals surface area (Å²) >= 11 is 0. The van der Waals surface area contributed by atoms with Crippen molar-refractivity contribution in [2.24, 2.45) is 5.73 Å². The van der Waals surface area contributed by atoms with Gasteiger partial charge in [-0.15, -0.1) is 0 Å². The molecule has 0 fully saturated rings. The Bertz CT molecular complexity index is 427. The zero-order chi connectivity index (χ0) is 11.3. The molecule has 0 saturated carbocycles. The van der Waals surface area contributed by atoms with Crippen molar-refractivity contribution in [3.8, 4) is 11.8 Å². The molecule has 0 aliphatic carbocycles. The largest absolute Gasteiger partial charge is 0.465 e. The Hall–Kier alpha value is -1.79. The summed E-state index contributed by atoms with van der Waals surface area (Å²) in [5.74, 6) is 5.31. The van der Waals surface area contributed by atoms with Gasteiger partial charge in [-0.2, -0.15) is 0 Å². The highest BCUT2D eigenvalue weighted by Crippen LogP contribution is 2.10. The van der Waals surface area contributed by atoms with E-state index in [-0.39, 0.29) is 5.97 Å². The third-order valence-corrected chi connectivity index (χ3v) is 1.98. The molecule has 1 aromatic rings. The maximum absolute atomic E-state index is 11.3. The molecular weight excluding hydrogens is 190 g/mol. The Labute approximate surface area is 89.2 Å². The third-order valence-electron chi connectivity index (χ3n) is 1.98. The van der Waals surface area contributed by atoms with E-state index in [0.717, 1.165) is 11.1 Å².